The van der Waals surface area contributed by atoms with E-state index >= 15 is 0 Å². The van der Waals surface area contributed by atoms with Gasteiger partial charge in [-0.25, -0.2) is 0 Å². The predicted octanol–water partition coefficient (Wildman–Crippen LogP) is 4.07. The summed E-state index contributed by atoms with van der Waals surface area (Å²) in [5.74, 6) is 0.512. The molecule has 1 aliphatic rings. The summed E-state index contributed by atoms with van der Waals surface area (Å²) in [6, 6.07) is 8.98. The minimum Gasteiger partial charge on any atom is -0.367 e. The number of benzene rings is 1. The SMILES string of the molecule is N#CCCN(c1cc(Br)ccc1CCl)C1CC1. The highest BCUT2D eigenvalue weighted by Crippen LogP contribution is 2.35. The van der Waals surface area contributed by atoms with Crippen LogP contribution in [0.2, 0.25) is 0 Å². The van der Waals surface area contributed by atoms with Gasteiger partial charge in [-0.2, -0.15) is 5.26 Å². The molecule has 0 atom stereocenters. The summed E-state index contributed by atoms with van der Waals surface area (Å²) in [7, 11) is 0. The molecule has 0 heterocycles. The molecule has 17 heavy (non-hydrogen) atoms. The van der Waals surface area contributed by atoms with Crippen molar-refractivity contribution in [1.82, 2.24) is 0 Å². The molecule has 0 N–H and O–H groups in total. The van der Waals surface area contributed by atoms with Crippen LogP contribution < -0.4 is 4.90 Å². The van der Waals surface area contributed by atoms with Crippen molar-refractivity contribution in [3.8, 4) is 6.07 Å². The second-order valence-corrected chi connectivity index (χ2v) is 5.42. The van der Waals surface area contributed by atoms with E-state index in [4.69, 9.17) is 16.9 Å². The van der Waals surface area contributed by atoms with E-state index in [0.717, 1.165) is 16.6 Å². The zero-order valence-electron chi connectivity index (χ0n) is 9.50. The molecule has 1 aromatic rings. The van der Waals surface area contributed by atoms with E-state index in [1.165, 1.54) is 18.5 Å². The molecule has 2 nitrogen and oxygen atoms in total. The van der Waals surface area contributed by atoms with Crippen molar-refractivity contribution in [2.24, 2.45) is 0 Å². The quantitative estimate of drug-likeness (QED) is 0.766. The van der Waals surface area contributed by atoms with Crippen molar-refractivity contribution in [2.45, 2.75) is 31.2 Å². The molecule has 1 aromatic carbocycles. The van der Waals surface area contributed by atoms with Crippen molar-refractivity contribution in [2.75, 3.05) is 11.4 Å². The highest BCUT2D eigenvalue weighted by molar-refractivity contribution is 9.10. The first kappa shape index (κ1) is 12.7. The number of halogens is 2. The van der Waals surface area contributed by atoms with E-state index < -0.39 is 0 Å². The zero-order valence-corrected chi connectivity index (χ0v) is 11.8. The average Bonchev–Trinajstić information content (AvgIpc) is 3.14. The van der Waals surface area contributed by atoms with Gasteiger partial charge in [-0.05, 0) is 30.5 Å². The van der Waals surface area contributed by atoms with Gasteiger partial charge in [0.2, 0.25) is 0 Å². The Hall–Kier alpha value is -0.720. The van der Waals surface area contributed by atoms with Crippen LogP contribution in [0.5, 0.6) is 0 Å². The lowest BCUT2D eigenvalue weighted by molar-refractivity contribution is 0.789. The standard InChI is InChI=1S/C13H14BrClN2/c14-11-3-2-10(9-15)13(8-11)17(7-1-6-16)12-4-5-12/h2-3,8,12H,1,4-5,7,9H2. The summed E-state index contributed by atoms with van der Waals surface area (Å²) in [6.45, 7) is 0.793. The smallest absolute Gasteiger partial charge is 0.0640 e. The third-order valence-corrected chi connectivity index (χ3v) is 3.73. The molecule has 2 rings (SSSR count). The Balaban J connectivity index is 2.27. The average molecular weight is 314 g/mol. The molecule has 90 valence electrons. The lowest BCUT2D eigenvalue weighted by Crippen LogP contribution is -2.27. The first-order chi connectivity index (χ1) is 8.26. The first-order valence-electron chi connectivity index (χ1n) is 5.74. The third-order valence-electron chi connectivity index (χ3n) is 2.95. The largest absolute Gasteiger partial charge is 0.367 e. The molecule has 0 saturated heterocycles. The predicted molar refractivity (Wildman–Crippen MR) is 74.3 cm³/mol. The van der Waals surface area contributed by atoms with Crippen LogP contribution in [0.1, 0.15) is 24.8 Å². The van der Waals surface area contributed by atoms with Crippen molar-refractivity contribution in [3.05, 3.63) is 28.2 Å². The van der Waals surface area contributed by atoms with E-state index in [9.17, 15) is 0 Å². The number of hydrogen-bond donors (Lipinski definition) is 0. The number of alkyl halides is 1. The van der Waals surface area contributed by atoms with Crippen molar-refractivity contribution >= 4 is 33.2 Å². The van der Waals surface area contributed by atoms with E-state index in [-0.39, 0.29) is 0 Å². The molecule has 0 aliphatic heterocycles. The van der Waals surface area contributed by atoms with Gasteiger partial charge in [-0.3, -0.25) is 0 Å². The summed E-state index contributed by atoms with van der Waals surface area (Å²) >= 11 is 9.48. The van der Waals surface area contributed by atoms with E-state index in [0.29, 0.717) is 18.3 Å². The highest BCUT2D eigenvalue weighted by Gasteiger charge is 2.30. The van der Waals surface area contributed by atoms with Crippen LogP contribution in [0.4, 0.5) is 5.69 Å². The number of nitriles is 1. The van der Waals surface area contributed by atoms with Crippen LogP contribution in [0.25, 0.3) is 0 Å². The lowest BCUT2D eigenvalue weighted by atomic mass is 10.1. The van der Waals surface area contributed by atoms with Crippen molar-refractivity contribution in [3.63, 3.8) is 0 Å². The third kappa shape index (κ3) is 3.14. The maximum atomic E-state index is 8.73. The van der Waals surface area contributed by atoms with Gasteiger partial charge in [-0.1, -0.05) is 22.0 Å². The number of hydrogen-bond acceptors (Lipinski definition) is 2. The normalized spacial score (nSPS) is 14.4. The Labute approximate surface area is 115 Å². The summed E-state index contributed by atoms with van der Waals surface area (Å²) in [5, 5.41) is 8.73. The van der Waals surface area contributed by atoms with Gasteiger partial charge >= 0.3 is 0 Å². The molecule has 0 amide bonds. The Kier molecular flexibility index (Phi) is 4.31. The number of rotatable bonds is 5. The lowest BCUT2D eigenvalue weighted by Gasteiger charge is -2.26. The van der Waals surface area contributed by atoms with Gasteiger partial charge in [0.15, 0.2) is 0 Å². The van der Waals surface area contributed by atoms with E-state index in [1.54, 1.807) is 0 Å². The Bertz CT molecular complexity index is 438. The minimum absolute atomic E-state index is 0.512. The van der Waals surface area contributed by atoms with Crippen LogP contribution in [0.3, 0.4) is 0 Å². The second-order valence-electron chi connectivity index (χ2n) is 4.24. The number of nitrogens with zero attached hydrogens (tertiary/aromatic N) is 2. The van der Waals surface area contributed by atoms with Crippen LogP contribution in [0.15, 0.2) is 22.7 Å². The summed E-state index contributed by atoms with van der Waals surface area (Å²) in [6.07, 6.45) is 3.00. The molecule has 0 unspecified atom stereocenters. The van der Waals surface area contributed by atoms with E-state index in [1.807, 2.05) is 12.1 Å². The zero-order chi connectivity index (χ0) is 12.3. The molecule has 1 fully saturated rings. The Morgan fingerprint density at radius 2 is 2.24 bits per heavy atom. The molecule has 4 heteroatoms. The van der Waals surface area contributed by atoms with Crippen LogP contribution in [0, 0.1) is 11.3 Å². The van der Waals surface area contributed by atoms with Crippen molar-refractivity contribution < 1.29 is 0 Å². The molecule has 0 radical (unpaired) electrons. The fraction of sp³-hybridized carbons (Fsp3) is 0.462. The van der Waals surface area contributed by atoms with Gasteiger partial charge in [0.25, 0.3) is 0 Å². The maximum Gasteiger partial charge on any atom is 0.0640 e. The summed E-state index contributed by atoms with van der Waals surface area (Å²) < 4.78 is 1.06. The van der Waals surface area contributed by atoms with Gasteiger partial charge in [0, 0.05) is 28.6 Å². The topological polar surface area (TPSA) is 27.0 Å². The fourth-order valence-electron chi connectivity index (χ4n) is 1.97. The van der Waals surface area contributed by atoms with Gasteiger partial charge in [0.1, 0.15) is 0 Å². The van der Waals surface area contributed by atoms with Crippen molar-refractivity contribution in [1.29, 1.82) is 5.26 Å². The molecule has 1 saturated carbocycles. The number of anilines is 1. The Morgan fingerprint density at radius 1 is 1.47 bits per heavy atom. The minimum atomic E-state index is 0.512. The molecular formula is C13H14BrClN2. The Morgan fingerprint density at radius 3 is 2.82 bits per heavy atom. The highest BCUT2D eigenvalue weighted by atomic mass is 79.9. The first-order valence-corrected chi connectivity index (χ1v) is 7.07. The molecule has 1 aliphatic carbocycles. The van der Waals surface area contributed by atoms with Gasteiger partial charge in [-0.15, -0.1) is 11.6 Å². The second kappa shape index (κ2) is 5.75. The monoisotopic (exact) mass is 312 g/mol. The molecule has 0 bridgehead atoms. The molecular weight excluding hydrogens is 300 g/mol. The van der Waals surface area contributed by atoms with Crippen LogP contribution in [-0.2, 0) is 5.88 Å². The van der Waals surface area contributed by atoms with Crippen LogP contribution in [-0.4, -0.2) is 12.6 Å². The van der Waals surface area contributed by atoms with Gasteiger partial charge < -0.3 is 4.90 Å². The van der Waals surface area contributed by atoms with Gasteiger partial charge in [0.05, 0.1) is 12.5 Å². The fourth-order valence-corrected chi connectivity index (χ4v) is 2.55. The van der Waals surface area contributed by atoms with E-state index in [2.05, 4.69) is 33.0 Å². The molecule has 0 aromatic heterocycles. The summed E-state index contributed by atoms with van der Waals surface area (Å²) in [5.41, 5.74) is 2.31. The van der Waals surface area contributed by atoms with Crippen LogP contribution >= 0.6 is 27.5 Å². The summed E-state index contributed by atoms with van der Waals surface area (Å²) in [4.78, 5) is 2.33. The molecule has 0 spiro atoms. The maximum absolute atomic E-state index is 8.73.